The number of aromatic nitrogens is 6. The zero-order valence-electron chi connectivity index (χ0n) is 38.6. The summed E-state index contributed by atoms with van der Waals surface area (Å²) < 4.78 is 21.1. The van der Waals surface area contributed by atoms with Gasteiger partial charge >= 0.3 is 12.2 Å². The third kappa shape index (κ3) is 7.03. The summed E-state index contributed by atoms with van der Waals surface area (Å²) in [5.74, 6) is 3.42. The summed E-state index contributed by atoms with van der Waals surface area (Å²) >= 11 is 0. The van der Waals surface area contributed by atoms with E-state index in [1.165, 1.54) is 14.2 Å². The first-order valence-corrected chi connectivity index (χ1v) is 24.4. The third-order valence-corrected chi connectivity index (χ3v) is 16.7. The van der Waals surface area contributed by atoms with Crippen LogP contribution >= 0.6 is 0 Å². The minimum Gasteiger partial charge on any atom is -0.453 e. The Balaban J connectivity index is 0.732. The number of rotatable bonds is 10. The summed E-state index contributed by atoms with van der Waals surface area (Å²) in [6.07, 6.45) is 4.15. The average Bonchev–Trinajstić information content (AvgIpc) is 4.10. The van der Waals surface area contributed by atoms with E-state index < -0.39 is 24.3 Å². The molecule has 2 bridgehead atoms. The van der Waals surface area contributed by atoms with Crippen LogP contribution < -0.4 is 10.6 Å². The lowest BCUT2D eigenvalue weighted by Gasteiger charge is -2.35. The van der Waals surface area contributed by atoms with Crippen molar-refractivity contribution in [3.63, 3.8) is 0 Å². The van der Waals surface area contributed by atoms with E-state index in [1.54, 1.807) is 6.20 Å². The molecule has 5 aliphatic heterocycles. The smallest absolute Gasteiger partial charge is 0.407 e. The van der Waals surface area contributed by atoms with Crippen LogP contribution in [0.3, 0.4) is 0 Å². The van der Waals surface area contributed by atoms with E-state index in [2.05, 4.69) is 45.7 Å². The largest absolute Gasteiger partial charge is 0.453 e. The van der Waals surface area contributed by atoms with E-state index >= 15 is 0 Å². The summed E-state index contributed by atoms with van der Waals surface area (Å²) in [4.78, 5) is 84.9. The highest BCUT2D eigenvalue weighted by atomic mass is 16.5. The van der Waals surface area contributed by atoms with Gasteiger partial charge in [-0.2, -0.15) is 0 Å². The molecule has 3 aliphatic carbocycles. The summed E-state index contributed by atoms with van der Waals surface area (Å²) in [7, 11) is 2.64. The van der Waals surface area contributed by atoms with Crippen LogP contribution in [0.4, 0.5) is 9.59 Å². The van der Waals surface area contributed by atoms with Gasteiger partial charge in [0, 0.05) is 44.1 Å². The lowest BCUT2D eigenvalue weighted by molar-refractivity contribution is -0.138. The Labute approximate surface area is 396 Å². The quantitative estimate of drug-likeness (QED) is 0.123. The Hall–Kier alpha value is -6.66. The second kappa shape index (κ2) is 16.2. The fraction of sp³-hybridized carbons (Fsp3) is 0.490. The maximum absolute atomic E-state index is 14.5. The molecule has 3 unspecified atom stereocenters. The molecule has 8 fully saturated rings. The molecule has 0 radical (unpaired) electrons. The van der Waals surface area contributed by atoms with E-state index in [9.17, 15) is 19.2 Å². The van der Waals surface area contributed by atoms with E-state index in [1.807, 2.05) is 46.2 Å². The van der Waals surface area contributed by atoms with Crippen molar-refractivity contribution in [1.82, 2.24) is 50.3 Å². The number of likely N-dealkylation sites (tertiary alicyclic amines) is 1. The summed E-state index contributed by atoms with van der Waals surface area (Å²) in [5, 5.41) is 5.75. The van der Waals surface area contributed by atoms with Gasteiger partial charge in [0.15, 0.2) is 0 Å². The second-order valence-corrected chi connectivity index (χ2v) is 20.2. The predicted octanol–water partition coefficient (Wildman–Crippen LogP) is 6.05. The van der Waals surface area contributed by atoms with Crippen LogP contribution in [0.2, 0.25) is 0 Å². The molecule has 3 saturated carbocycles. The van der Waals surface area contributed by atoms with Crippen LogP contribution in [0.25, 0.3) is 55.5 Å². The zero-order chi connectivity index (χ0) is 46.8. The van der Waals surface area contributed by atoms with Gasteiger partial charge in [0.05, 0.1) is 71.3 Å². The molecule has 8 heterocycles. The van der Waals surface area contributed by atoms with Gasteiger partial charge in [-0.1, -0.05) is 25.1 Å². The van der Waals surface area contributed by atoms with Gasteiger partial charge in [-0.05, 0) is 121 Å². The summed E-state index contributed by atoms with van der Waals surface area (Å²) in [6.45, 7) is 4.41. The molecule has 3 aromatic heterocycles. The molecule has 8 aliphatic rings. The molecular formula is C51H54N10O8. The molecule has 69 heavy (non-hydrogen) atoms. The maximum Gasteiger partial charge on any atom is 0.407 e. The van der Waals surface area contributed by atoms with Crippen LogP contribution in [0.15, 0.2) is 60.8 Å². The monoisotopic (exact) mass is 934 g/mol. The number of ether oxygens (including phenoxy) is 4. The number of alkyl carbamates (subject to hydrolysis) is 2. The standard InChI is InChI=1S/C51H54N10O8/c1-23-29-21-37(60(43(23)29)48(62)41(58-50(64)66-2)24-10-14-68-15-11-24)46-54-31-9-6-28(20-35(31)56-46)36-22-52-33-18-26(4-7-30(33)53-36)27-5-8-32-34(19-27)57-47(55-32)45-40-38-39(40)44(38)61(45)49(63)42(59-51(65)67-3)25-12-16-69-17-13-25/h4-9,18-20,22-25,29,37-45H,10-17,21H2,1-3H3,(H,54,56)(H,55,57)(H,58,64)(H,59,65)/t23-,29+,37+,38-,39?,40?,41+,42+,43-,44?,45+/m1/s1. The molecule has 0 spiro atoms. The van der Waals surface area contributed by atoms with E-state index in [4.69, 9.17) is 38.9 Å². The molecule has 356 valence electrons. The molecule has 18 heteroatoms. The topological polar surface area (TPSA) is 219 Å². The Kier molecular flexibility index (Phi) is 9.98. The van der Waals surface area contributed by atoms with Gasteiger partial charge in [-0.3, -0.25) is 14.6 Å². The van der Waals surface area contributed by atoms with Crippen LogP contribution in [0.5, 0.6) is 0 Å². The molecule has 18 nitrogen and oxygen atoms in total. The highest BCUT2D eigenvalue weighted by molar-refractivity contribution is 5.91. The molecule has 4 amide bonds. The zero-order valence-corrected chi connectivity index (χ0v) is 38.6. The van der Waals surface area contributed by atoms with Crippen molar-refractivity contribution in [2.45, 2.75) is 75.3 Å². The van der Waals surface area contributed by atoms with E-state index in [0.29, 0.717) is 81.7 Å². The van der Waals surface area contributed by atoms with Crippen molar-refractivity contribution >= 4 is 57.1 Å². The number of nitrogens with one attached hydrogen (secondary N) is 4. The molecule has 11 atom stereocenters. The summed E-state index contributed by atoms with van der Waals surface area (Å²) in [6, 6.07) is 16.8. The number of benzene rings is 3. The number of amides is 4. The number of carbonyl (C=O) groups is 4. The van der Waals surface area contributed by atoms with Crippen molar-refractivity contribution in [2.75, 3.05) is 40.6 Å². The first kappa shape index (κ1) is 42.4. The Bertz CT molecular complexity index is 3060. The third-order valence-electron chi connectivity index (χ3n) is 16.7. The number of hydrogen-bond donors (Lipinski definition) is 4. The van der Waals surface area contributed by atoms with Gasteiger partial charge in [-0.15, -0.1) is 0 Å². The number of fused-ring (bicyclic) bond motifs is 5. The lowest BCUT2D eigenvalue weighted by Crippen LogP contribution is -2.54. The van der Waals surface area contributed by atoms with Gasteiger partial charge in [0.1, 0.15) is 23.7 Å². The first-order chi connectivity index (χ1) is 33.7. The molecule has 4 N–H and O–H groups in total. The van der Waals surface area contributed by atoms with Crippen LogP contribution in [0.1, 0.15) is 62.8 Å². The fourth-order valence-electron chi connectivity index (χ4n) is 12.8. The van der Waals surface area contributed by atoms with Gasteiger partial charge in [0.25, 0.3) is 0 Å². The number of piperidine rings is 2. The number of nitrogens with zero attached hydrogens (tertiary/aromatic N) is 6. The van der Waals surface area contributed by atoms with Crippen molar-refractivity contribution in [1.29, 1.82) is 0 Å². The Morgan fingerprint density at radius 3 is 1.84 bits per heavy atom. The first-order valence-electron chi connectivity index (χ1n) is 24.4. The average molecular weight is 935 g/mol. The van der Waals surface area contributed by atoms with Crippen molar-refractivity contribution < 1.29 is 38.1 Å². The van der Waals surface area contributed by atoms with Crippen LogP contribution in [0, 0.1) is 41.4 Å². The number of hydrogen-bond acceptors (Lipinski definition) is 12. The highest BCUT2D eigenvalue weighted by Gasteiger charge is 2.86. The number of methoxy groups -OCH3 is 2. The second-order valence-electron chi connectivity index (χ2n) is 20.2. The molecule has 5 saturated heterocycles. The predicted molar refractivity (Wildman–Crippen MR) is 250 cm³/mol. The number of carbonyl (C=O) groups excluding carboxylic acids is 4. The Morgan fingerprint density at radius 1 is 0.652 bits per heavy atom. The van der Waals surface area contributed by atoms with Gasteiger partial charge in [0.2, 0.25) is 11.8 Å². The van der Waals surface area contributed by atoms with Gasteiger partial charge < -0.3 is 49.3 Å². The van der Waals surface area contributed by atoms with Crippen molar-refractivity contribution in [2.24, 2.45) is 41.4 Å². The van der Waals surface area contributed by atoms with E-state index in [0.717, 1.165) is 73.6 Å². The van der Waals surface area contributed by atoms with E-state index in [-0.39, 0.29) is 47.8 Å². The number of imidazole rings is 2. The number of H-pyrrole nitrogens is 2. The number of aromatic amines is 2. The minimum absolute atomic E-state index is 0.0264. The SMILES string of the molecule is COC(=O)N[C@H](C(=O)N1C2C3C([C@@H]32)[C@H]1c1nc2ccc(-c3ccc4nc(-c5ccc6nc([C@@H]7C[C@H]8[C@@H](C)[C@H]8N7C(=O)[C@@H](NC(=O)OC)C7CCOCC7)[nH]c6c5)cnc4c3)cc2[nH]1)C1CCOCC1. The molecule has 14 rings (SSSR count). The molecule has 3 aromatic carbocycles. The maximum atomic E-state index is 14.5. The highest BCUT2D eigenvalue weighted by Crippen LogP contribution is 2.81. The van der Waals surface area contributed by atoms with Crippen LogP contribution in [-0.2, 0) is 28.5 Å². The minimum atomic E-state index is -0.706. The fourth-order valence-corrected chi connectivity index (χ4v) is 12.8. The van der Waals surface area contributed by atoms with Crippen molar-refractivity contribution in [3.05, 3.63) is 72.4 Å². The molecule has 6 aromatic rings. The van der Waals surface area contributed by atoms with Gasteiger partial charge in [-0.25, -0.2) is 24.5 Å². The Morgan fingerprint density at radius 2 is 1.20 bits per heavy atom. The normalized spacial score (nSPS) is 28.8. The van der Waals surface area contributed by atoms with Crippen LogP contribution in [-0.4, -0.2) is 129 Å². The van der Waals surface area contributed by atoms with Crippen molar-refractivity contribution in [3.8, 4) is 22.4 Å². The lowest BCUT2D eigenvalue weighted by atomic mass is 9.90. The molecular weight excluding hydrogens is 881 g/mol. The summed E-state index contributed by atoms with van der Waals surface area (Å²) in [5.41, 5.74) is 8.45.